The van der Waals surface area contributed by atoms with E-state index in [1.165, 1.54) is 33.9 Å². The Balaban J connectivity index is 2.37. The standard InChI is InChI=1S/C12H17NS/c1-4-10-7-14-12-9(3)5-8(2)6-11(12)13-10/h5-6,10,13H,4,7H2,1-3H3. The van der Waals surface area contributed by atoms with Crippen LogP contribution in [-0.2, 0) is 0 Å². The number of rotatable bonds is 1. The molecule has 0 spiro atoms. The molecule has 0 saturated carbocycles. The molecule has 0 saturated heterocycles. The lowest BCUT2D eigenvalue weighted by molar-refractivity contribution is 0.763. The predicted molar refractivity (Wildman–Crippen MR) is 64.3 cm³/mol. The Morgan fingerprint density at radius 1 is 1.43 bits per heavy atom. The summed E-state index contributed by atoms with van der Waals surface area (Å²) in [5.41, 5.74) is 4.10. The van der Waals surface area contributed by atoms with Crippen molar-refractivity contribution in [3.05, 3.63) is 23.3 Å². The molecule has 2 heteroatoms. The quantitative estimate of drug-likeness (QED) is 0.755. The van der Waals surface area contributed by atoms with Crippen molar-refractivity contribution < 1.29 is 0 Å². The van der Waals surface area contributed by atoms with Gasteiger partial charge in [-0.15, -0.1) is 11.8 Å². The van der Waals surface area contributed by atoms with Crippen molar-refractivity contribution >= 4 is 17.4 Å². The molecule has 1 N–H and O–H groups in total. The maximum Gasteiger partial charge on any atom is 0.0486 e. The Morgan fingerprint density at radius 2 is 2.21 bits per heavy atom. The summed E-state index contributed by atoms with van der Waals surface area (Å²) in [6.07, 6.45) is 1.21. The summed E-state index contributed by atoms with van der Waals surface area (Å²) in [7, 11) is 0. The number of thioether (sulfide) groups is 1. The van der Waals surface area contributed by atoms with E-state index in [0.717, 1.165) is 0 Å². The molecule has 1 atom stereocenters. The van der Waals surface area contributed by atoms with Crippen LogP contribution < -0.4 is 5.32 Å². The first-order valence-corrected chi connectivity index (χ1v) is 6.20. The van der Waals surface area contributed by atoms with Gasteiger partial charge in [0.05, 0.1) is 0 Å². The van der Waals surface area contributed by atoms with E-state index in [1.807, 2.05) is 11.8 Å². The van der Waals surface area contributed by atoms with Gasteiger partial charge in [-0.05, 0) is 37.5 Å². The topological polar surface area (TPSA) is 12.0 Å². The first kappa shape index (κ1) is 9.91. The first-order valence-electron chi connectivity index (χ1n) is 5.21. The van der Waals surface area contributed by atoms with Gasteiger partial charge in [-0.3, -0.25) is 0 Å². The van der Waals surface area contributed by atoms with Gasteiger partial charge in [-0.2, -0.15) is 0 Å². The van der Waals surface area contributed by atoms with Gasteiger partial charge in [0.25, 0.3) is 0 Å². The first-order chi connectivity index (χ1) is 6.70. The van der Waals surface area contributed by atoms with Gasteiger partial charge >= 0.3 is 0 Å². The molecule has 0 fully saturated rings. The number of anilines is 1. The van der Waals surface area contributed by atoms with Crippen molar-refractivity contribution in [2.75, 3.05) is 11.1 Å². The molecule has 1 aliphatic heterocycles. The van der Waals surface area contributed by atoms with Crippen LogP contribution in [0.2, 0.25) is 0 Å². The highest BCUT2D eigenvalue weighted by molar-refractivity contribution is 7.99. The Morgan fingerprint density at radius 3 is 2.93 bits per heavy atom. The highest BCUT2D eigenvalue weighted by Crippen LogP contribution is 2.37. The Kier molecular flexibility index (Phi) is 2.73. The lowest BCUT2D eigenvalue weighted by atomic mass is 10.1. The molecule has 0 aliphatic carbocycles. The van der Waals surface area contributed by atoms with Crippen molar-refractivity contribution in [1.29, 1.82) is 0 Å². The second kappa shape index (κ2) is 3.85. The van der Waals surface area contributed by atoms with Gasteiger partial charge in [0.15, 0.2) is 0 Å². The zero-order valence-electron chi connectivity index (χ0n) is 9.05. The monoisotopic (exact) mass is 207 g/mol. The summed E-state index contributed by atoms with van der Waals surface area (Å²) in [4.78, 5) is 1.44. The molecule has 0 amide bonds. The second-order valence-corrected chi connectivity index (χ2v) is 5.05. The maximum atomic E-state index is 3.61. The molecular weight excluding hydrogens is 190 g/mol. The van der Waals surface area contributed by atoms with Crippen LogP contribution in [0, 0.1) is 13.8 Å². The van der Waals surface area contributed by atoms with Crippen LogP contribution in [0.25, 0.3) is 0 Å². The molecule has 76 valence electrons. The van der Waals surface area contributed by atoms with Crippen LogP contribution in [0.4, 0.5) is 5.69 Å². The zero-order valence-corrected chi connectivity index (χ0v) is 9.87. The predicted octanol–water partition coefficient (Wildman–Crippen LogP) is 3.60. The summed E-state index contributed by atoms with van der Waals surface area (Å²) >= 11 is 1.99. The van der Waals surface area contributed by atoms with E-state index in [9.17, 15) is 0 Å². The molecule has 0 radical (unpaired) electrons. The third kappa shape index (κ3) is 1.76. The minimum absolute atomic E-state index is 0.647. The smallest absolute Gasteiger partial charge is 0.0486 e. The average molecular weight is 207 g/mol. The molecule has 1 aliphatic rings. The molecule has 0 bridgehead atoms. The van der Waals surface area contributed by atoms with Crippen LogP contribution in [0.3, 0.4) is 0 Å². The van der Waals surface area contributed by atoms with Gasteiger partial charge in [-0.1, -0.05) is 13.0 Å². The molecule has 1 aromatic rings. The average Bonchev–Trinajstić information content (AvgIpc) is 2.16. The summed E-state index contributed by atoms with van der Waals surface area (Å²) in [5.74, 6) is 1.20. The van der Waals surface area contributed by atoms with E-state index in [4.69, 9.17) is 0 Å². The van der Waals surface area contributed by atoms with Crippen molar-refractivity contribution in [2.24, 2.45) is 0 Å². The van der Waals surface area contributed by atoms with Crippen LogP contribution >= 0.6 is 11.8 Å². The SMILES string of the molecule is CCC1CSc2c(C)cc(C)cc2N1. The van der Waals surface area contributed by atoms with E-state index >= 15 is 0 Å². The van der Waals surface area contributed by atoms with Gasteiger partial charge < -0.3 is 5.32 Å². The molecular formula is C12H17NS. The van der Waals surface area contributed by atoms with E-state index in [2.05, 4.69) is 38.2 Å². The van der Waals surface area contributed by atoms with E-state index in [-0.39, 0.29) is 0 Å². The molecule has 2 rings (SSSR count). The van der Waals surface area contributed by atoms with Crippen LogP contribution in [0.15, 0.2) is 17.0 Å². The van der Waals surface area contributed by atoms with Crippen LogP contribution in [0.5, 0.6) is 0 Å². The second-order valence-electron chi connectivity index (χ2n) is 4.02. The molecule has 1 heterocycles. The summed E-state index contributed by atoms with van der Waals surface area (Å²) in [6.45, 7) is 6.61. The fourth-order valence-electron chi connectivity index (χ4n) is 1.92. The molecule has 1 unspecified atom stereocenters. The number of benzene rings is 1. The van der Waals surface area contributed by atoms with Gasteiger partial charge in [-0.25, -0.2) is 0 Å². The minimum atomic E-state index is 0.647. The number of hydrogen-bond donors (Lipinski definition) is 1. The third-order valence-corrected chi connectivity index (χ3v) is 4.10. The Hall–Kier alpha value is -0.630. The highest BCUT2D eigenvalue weighted by atomic mass is 32.2. The molecule has 0 aromatic heterocycles. The number of hydrogen-bond acceptors (Lipinski definition) is 2. The van der Waals surface area contributed by atoms with Crippen molar-refractivity contribution in [2.45, 2.75) is 38.1 Å². The van der Waals surface area contributed by atoms with E-state index in [0.29, 0.717) is 6.04 Å². The highest BCUT2D eigenvalue weighted by Gasteiger charge is 2.18. The minimum Gasteiger partial charge on any atom is -0.381 e. The van der Waals surface area contributed by atoms with Gasteiger partial charge in [0.2, 0.25) is 0 Å². The fraction of sp³-hybridized carbons (Fsp3) is 0.500. The normalized spacial score (nSPS) is 20.1. The zero-order chi connectivity index (χ0) is 10.1. The fourth-order valence-corrected chi connectivity index (χ4v) is 3.17. The lowest BCUT2D eigenvalue weighted by Gasteiger charge is -2.27. The van der Waals surface area contributed by atoms with Crippen molar-refractivity contribution in [3.8, 4) is 0 Å². The van der Waals surface area contributed by atoms with Crippen LogP contribution in [-0.4, -0.2) is 11.8 Å². The number of fused-ring (bicyclic) bond motifs is 1. The van der Waals surface area contributed by atoms with Gasteiger partial charge in [0, 0.05) is 22.4 Å². The third-order valence-electron chi connectivity index (χ3n) is 2.70. The largest absolute Gasteiger partial charge is 0.381 e. The van der Waals surface area contributed by atoms with Gasteiger partial charge in [0.1, 0.15) is 0 Å². The van der Waals surface area contributed by atoms with Crippen LogP contribution in [0.1, 0.15) is 24.5 Å². The Labute approximate surface area is 90.3 Å². The Bertz CT molecular complexity index is 346. The molecule has 14 heavy (non-hydrogen) atoms. The van der Waals surface area contributed by atoms with E-state index < -0.39 is 0 Å². The maximum absolute atomic E-state index is 3.61. The van der Waals surface area contributed by atoms with Crippen molar-refractivity contribution in [1.82, 2.24) is 0 Å². The molecule has 1 aromatic carbocycles. The number of nitrogens with one attached hydrogen (secondary N) is 1. The molecule has 1 nitrogen and oxygen atoms in total. The summed E-state index contributed by atoms with van der Waals surface area (Å²) in [5, 5.41) is 3.61. The number of aryl methyl sites for hydroxylation is 2. The van der Waals surface area contributed by atoms with Crippen molar-refractivity contribution in [3.63, 3.8) is 0 Å². The summed E-state index contributed by atoms with van der Waals surface area (Å²) in [6, 6.07) is 5.17. The van der Waals surface area contributed by atoms with E-state index in [1.54, 1.807) is 0 Å². The summed E-state index contributed by atoms with van der Waals surface area (Å²) < 4.78 is 0. The lowest BCUT2D eigenvalue weighted by Crippen LogP contribution is -2.25.